The first kappa shape index (κ1) is 11.7. The quantitative estimate of drug-likeness (QED) is 0.739. The second kappa shape index (κ2) is 4.62. The van der Waals surface area contributed by atoms with Crippen LogP contribution < -0.4 is 5.32 Å². The van der Waals surface area contributed by atoms with Gasteiger partial charge in [-0.2, -0.15) is 0 Å². The van der Waals surface area contributed by atoms with E-state index in [4.69, 9.17) is 0 Å². The standard InChI is InChI=1S/C14H18N2O/c1-10-8-12(3)13(9-11(10)2)15-14(17)16-6-4-5-7-16/h4-5,8-9H,6-7H2,1-3H3,(H,15,17). The number of hydrogen-bond acceptors (Lipinski definition) is 1. The number of carbonyl (C=O) groups excluding carboxylic acids is 1. The van der Waals surface area contributed by atoms with Crippen LogP contribution in [0.2, 0.25) is 0 Å². The normalized spacial score (nSPS) is 14.2. The summed E-state index contributed by atoms with van der Waals surface area (Å²) in [5.41, 5.74) is 4.47. The summed E-state index contributed by atoms with van der Waals surface area (Å²) >= 11 is 0. The molecule has 0 spiro atoms. The molecule has 0 aromatic heterocycles. The average molecular weight is 230 g/mol. The number of nitrogens with one attached hydrogen (secondary N) is 1. The number of carbonyl (C=O) groups is 1. The fraction of sp³-hybridized carbons (Fsp3) is 0.357. The van der Waals surface area contributed by atoms with Crippen LogP contribution in [0, 0.1) is 20.8 Å². The zero-order valence-corrected chi connectivity index (χ0v) is 10.6. The van der Waals surface area contributed by atoms with Gasteiger partial charge in [0.1, 0.15) is 0 Å². The van der Waals surface area contributed by atoms with Gasteiger partial charge in [-0.25, -0.2) is 4.79 Å². The maximum atomic E-state index is 11.9. The van der Waals surface area contributed by atoms with Crippen molar-refractivity contribution in [3.05, 3.63) is 41.0 Å². The van der Waals surface area contributed by atoms with Gasteiger partial charge < -0.3 is 10.2 Å². The van der Waals surface area contributed by atoms with Crippen molar-refractivity contribution >= 4 is 11.7 Å². The van der Waals surface area contributed by atoms with Crippen molar-refractivity contribution in [1.29, 1.82) is 0 Å². The number of hydrogen-bond donors (Lipinski definition) is 1. The molecular formula is C14H18N2O. The van der Waals surface area contributed by atoms with Crippen LogP contribution in [0.3, 0.4) is 0 Å². The predicted octanol–water partition coefficient (Wildman–Crippen LogP) is 3.02. The lowest BCUT2D eigenvalue weighted by molar-refractivity contribution is 0.224. The first-order valence-electron chi connectivity index (χ1n) is 5.86. The molecule has 0 saturated heterocycles. The highest BCUT2D eigenvalue weighted by Crippen LogP contribution is 2.20. The zero-order valence-electron chi connectivity index (χ0n) is 10.6. The van der Waals surface area contributed by atoms with Crippen LogP contribution in [-0.2, 0) is 0 Å². The minimum absolute atomic E-state index is 0.0265. The van der Waals surface area contributed by atoms with Crippen molar-refractivity contribution in [3.8, 4) is 0 Å². The van der Waals surface area contributed by atoms with Crippen LogP contribution in [0.15, 0.2) is 24.3 Å². The molecule has 1 aromatic rings. The van der Waals surface area contributed by atoms with E-state index in [1.165, 1.54) is 11.1 Å². The third-order valence-electron chi connectivity index (χ3n) is 3.19. The number of aryl methyl sites for hydroxylation is 3. The first-order chi connectivity index (χ1) is 8.08. The molecule has 2 rings (SSSR count). The molecule has 2 amide bonds. The lowest BCUT2D eigenvalue weighted by Crippen LogP contribution is -2.32. The van der Waals surface area contributed by atoms with Crippen LogP contribution in [-0.4, -0.2) is 24.0 Å². The highest BCUT2D eigenvalue weighted by molar-refractivity contribution is 5.90. The number of rotatable bonds is 1. The Kier molecular flexibility index (Phi) is 3.18. The molecule has 1 aliphatic heterocycles. The van der Waals surface area contributed by atoms with Gasteiger partial charge in [0, 0.05) is 18.8 Å². The summed E-state index contributed by atoms with van der Waals surface area (Å²) in [6.07, 6.45) is 4.01. The maximum absolute atomic E-state index is 11.9. The van der Waals surface area contributed by atoms with E-state index in [-0.39, 0.29) is 6.03 Å². The van der Waals surface area contributed by atoms with E-state index in [0.717, 1.165) is 11.3 Å². The van der Waals surface area contributed by atoms with Crippen molar-refractivity contribution in [2.24, 2.45) is 0 Å². The molecule has 3 nitrogen and oxygen atoms in total. The molecule has 1 N–H and O–H groups in total. The van der Waals surface area contributed by atoms with Crippen LogP contribution in [0.25, 0.3) is 0 Å². The fourth-order valence-electron chi connectivity index (χ4n) is 1.93. The molecule has 0 saturated carbocycles. The van der Waals surface area contributed by atoms with Gasteiger partial charge in [-0.15, -0.1) is 0 Å². The van der Waals surface area contributed by atoms with Gasteiger partial charge in [-0.3, -0.25) is 0 Å². The molecule has 0 fully saturated rings. The van der Waals surface area contributed by atoms with E-state index in [0.29, 0.717) is 13.1 Å². The average Bonchev–Trinajstić information content (AvgIpc) is 2.79. The number of urea groups is 1. The van der Waals surface area contributed by atoms with E-state index in [1.807, 2.05) is 25.1 Å². The maximum Gasteiger partial charge on any atom is 0.322 e. The smallest absolute Gasteiger partial charge is 0.317 e. The van der Waals surface area contributed by atoms with Gasteiger partial charge in [-0.05, 0) is 43.5 Å². The van der Waals surface area contributed by atoms with Crippen LogP contribution in [0.5, 0.6) is 0 Å². The Bertz CT molecular complexity index is 469. The highest BCUT2D eigenvalue weighted by Gasteiger charge is 2.15. The van der Waals surface area contributed by atoms with E-state index >= 15 is 0 Å². The summed E-state index contributed by atoms with van der Waals surface area (Å²) in [5.74, 6) is 0. The van der Waals surface area contributed by atoms with Crippen LogP contribution in [0.1, 0.15) is 16.7 Å². The molecule has 0 radical (unpaired) electrons. The Morgan fingerprint density at radius 3 is 2.29 bits per heavy atom. The third kappa shape index (κ3) is 2.49. The zero-order chi connectivity index (χ0) is 12.4. The highest BCUT2D eigenvalue weighted by atomic mass is 16.2. The summed E-state index contributed by atoms with van der Waals surface area (Å²) in [6.45, 7) is 7.57. The fourth-order valence-corrected chi connectivity index (χ4v) is 1.93. The molecule has 17 heavy (non-hydrogen) atoms. The second-order valence-corrected chi connectivity index (χ2v) is 4.56. The predicted molar refractivity (Wildman–Crippen MR) is 70.4 cm³/mol. The molecule has 1 aliphatic rings. The van der Waals surface area contributed by atoms with E-state index < -0.39 is 0 Å². The summed E-state index contributed by atoms with van der Waals surface area (Å²) in [4.78, 5) is 13.7. The summed E-state index contributed by atoms with van der Waals surface area (Å²) < 4.78 is 0. The molecule has 3 heteroatoms. The molecule has 1 heterocycles. The molecule has 0 aliphatic carbocycles. The topological polar surface area (TPSA) is 32.3 Å². The monoisotopic (exact) mass is 230 g/mol. The Morgan fingerprint density at radius 2 is 1.65 bits per heavy atom. The molecule has 1 aromatic carbocycles. The van der Waals surface area contributed by atoms with Crippen LogP contribution >= 0.6 is 0 Å². The molecule has 0 atom stereocenters. The van der Waals surface area contributed by atoms with Gasteiger partial charge in [0.2, 0.25) is 0 Å². The summed E-state index contributed by atoms with van der Waals surface area (Å²) in [5, 5.41) is 2.97. The summed E-state index contributed by atoms with van der Waals surface area (Å²) in [7, 11) is 0. The Balaban J connectivity index is 2.13. The SMILES string of the molecule is Cc1cc(C)c(NC(=O)N2CC=CC2)cc1C. The summed E-state index contributed by atoms with van der Waals surface area (Å²) in [6, 6.07) is 4.11. The number of amides is 2. The minimum atomic E-state index is -0.0265. The van der Waals surface area contributed by atoms with Gasteiger partial charge in [0.25, 0.3) is 0 Å². The molecule has 0 unspecified atom stereocenters. The van der Waals surface area contributed by atoms with Crippen molar-refractivity contribution in [3.63, 3.8) is 0 Å². The number of nitrogens with zero attached hydrogens (tertiary/aromatic N) is 1. The van der Waals surface area contributed by atoms with Crippen molar-refractivity contribution in [1.82, 2.24) is 4.90 Å². The van der Waals surface area contributed by atoms with E-state index in [9.17, 15) is 4.79 Å². The third-order valence-corrected chi connectivity index (χ3v) is 3.19. The molecular weight excluding hydrogens is 212 g/mol. The number of anilines is 1. The van der Waals surface area contributed by atoms with Crippen molar-refractivity contribution in [2.75, 3.05) is 18.4 Å². The molecule has 90 valence electrons. The van der Waals surface area contributed by atoms with Gasteiger partial charge >= 0.3 is 6.03 Å². The van der Waals surface area contributed by atoms with E-state index in [2.05, 4.69) is 25.2 Å². The van der Waals surface area contributed by atoms with Crippen molar-refractivity contribution < 1.29 is 4.79 Å². The van der Waals surface area contributed by atoms with Crippen LogP contribution in [0.4, 0.5) is 10.5 Å². The lowest BCUT2D eigenvalue weighted by atomic mass is 10.1. The Labute approximate surface area is 102 Å². The Hall–Kier alpha value is -1.77. The van der Waals surface area contributed by atoms with E-state index in [1.54, 1.807) is 4.90 Å². The molecule has 0 bridgehead atoms. The van der Waals surface area contributed by atoms with Gasteiger partial charge in [0.15, 0.2) is 0 Å². The van der Waals surface area contributed by atoms with Gasteiger partial charge in [0.05, 0.1) is 0 Å². The Morgan fingerprint density at radius 1 is 1.06 bits per heavy atom. The van der Waals surface area contributed by atoms with Gasteiger partial charge in [-0.1, -0.05) is 18.2 Å². The van der Waals surface area contributed by atoms with Crippen molar-refractivity contribution in [2.45, 2.75) is 20.8 Å². The first-order valence-corrected chi connectivity index (χ1v) is 5.86. The second-order valence-electron chi connectivity index (χ2n) is 4.56. The lowest BCUT2D eigenvalue weighted by Gasteiger charge is -2.18. The largest absolute Gasteiger partial charge is 0.322 e. The number of benzene rings is 1. The minimum Gasteiger partial charge on any atom is -0.317 e.